The highest BCUT2D eigenvalue weighted by molar-refractivity contribution is 5.41. The molecule has 0 aliphatic carbocycles. The summed E-state index contributed by atoms with van der Waals surface area (Å²) in [7, 11) is 1.64. The normalized spacial score (nSPS) is 21.5. The Hall–Kier alpha value is -1.40. The fourth-order valence-corrected chi connectivity index (χ4v) is 3.20. The lowest BCUT2D eigenvalue weighted by atomic mass is 9.97. The molecule has 0 unspecified atom stereocenters. The number of nitrogens with one attached hydrogen (secondary N) is 1. The number of hydrogen-bond acceptors (Lipinski definition) is 6. The second kappa shape index (κ2) is 7.04. The molecule has 1 aromatic heterocycles. The summed E-state index contributed by atoms with van der Waals surface area (Å²) < 4.78 is 5.17. The highest BCUT2D eigenvalue weighted by atomic mass is 16.5. The molecule has 2 fully saturated rings. The second-order valence-corrected chi connectivity index (χ2v) is 5.90. The van der Waals surface area contributed by atoms with E-state index < -0.39 is 0 Å². The summed E-state index contributed by atoms with van der Waals surface area (Å²) in [5, 5.41) is 3.44. The Labute approximate surface area is 126 Å². The van der Waals surface area contributed by atoms with Crippen LogP contribution in [0.15, 0.2) is 12.4 Å². The van der Waals surface area contributed by atoms with Crippen LogP contribution in [0.5, 0.6) is 5.88 Å². The van der Waals surface area contributed by atoms with Crippen molar-refractivity contribution < 1.29 is 4.74 Å². The molecular weight excluding hydrogens is 266 g/mol. The summed E-state index contributed by atoms with van der Waals surface area (Å²) in [5.74, 6) is 2.48. The Bertz CT molecular complexity index is 441. The van der Waals surface area contributed by atoms with Crippen LogP contribution in [0.1, 0.15) is 12.8 Å². The molecule has 21 heavy (non-hydrogen) atoms. The summed E-state index contributed by atoms with van der Waals surface area (Å²) in [6, 6.07) is 1.92. The van der Waals surface area contributed by atoms with Crippen molar-refractivity contribution in [3.05, 3.63) is 12.4 Å². The van der Waals surface area contributed by atoms with Crippen LogP contribution in [0.2, 0.25) is 0 Å². The fourth-order valence-electron chi connectivity index (χ4n) is 3.20. The van der Waals surface area contributed by atoms with Gasteiger partial charge in [0.1, 0.15) is 12.1 Å². The number of piperazine rings is 1. The maximum absolute atomic E-state index is 5.17. The Morgan fingerprint density at radius 3 is 2.67 bits per heavy atom. The van der Waals surface area contributed by atoms with Crippen LogP contribution < -0.4 is 15.0 Å². The molecule has 0 bridgehead atoms. The van der Waals surface area contributed by atoms with Crippen LogP contribution in [0, 0.1) is 5.92 Å². The quantitative estimate of drug-likeness (QED) is 0.877. The Morgan fingerprint density at radius 2 is 1.95 bits per heavy atom. The lowest BCUT2D eigenvalue weighted by molar-refractivity contribution is 0.196. The van der Waals surface area contributed by atoms with Crippen LogP contribution in [0.3, 0.4) is 0 Å². The van der Waals surface area contributed by atoms with E-state index in [-0.39, 0.29) is 0 Å². The molecule has 2 aliphatic rings. The first kappa shape index (κ1) is 14.5. The molecule has 0 saturated carbocycles. The average molecular weight is 291 g/mol. The summed E-state index contributed by atoms with van der Waals surface area (Å²) in [4.78, 5) is 13.4. The zero-order valence-electron chi connectivity index (χ0n) is 12.8. The largest absolute Gasteiger partial charge is 0.481 e. The van der Waals surface area contributed by atoms with Crippen molar-refractivity contribution in [1.82, 2.24) is 20.2 Å². The lowest BCUT2D eigenvalue weighted by Crippen LogP contribution is -2.48. The van der Waals surface area contributed by atoms with Gasteiger partial charge in [-0.3, -0.25) is 4.90 Å². The zero-order chi connectivity index (χ0) is 14.5. The van der Waals surface area contributed by atoms with Crippen LogP contribution in [0.25, 0.3) is 0 Å². The first-order chi connectivity index (χ1) is 10.3. The van der Waals surface area contributed by atoms with Gasteiger partial charge in [-0.05, 0) is 31.8 Å². The molecule has 0 spiro atoms. The standard InChI is InChI=1S/C15H25N5O/c1-21-15-10-14(17-12-18-15)20-8-6-19(7-9-20)11-13-2-4-16-5-3-13/h10,12-13,16H,2-9,11H2,1H3. The summed E-state index contributed by atoms with van der Waals surface area (Å²) in [5.41, 5.74) is 0. The van der Waals surface area contributed by atoms with E-state index in [1.54, 1.807) is 13.4 Å². The minimum Gasteiger partial charge on any atom is -0.481 e. The predicted octanol–water partition coefficient (Wildman–Crippen LogP) is 0.607. The van der Waals surface area contributed by atoms with Gasteiger partial charge in [0.2, 0.25) is 5.88 Å². The molecule has 2 saturated heterocycles. The van der Waals surface area contributed by atoms with Crippen molar-refractivity contribution in [2.45, 2.75) is 12.8 Å². The third-order valence-corrected chi connectivity index (χ3v) is 4.51. The Morgan fingerprint density at radius 1 is 1.19 bits per heavy atom. The van der Waals surface area contributed by atoms with E-state index in [9.17, 15) is 0 Å². The van der Waals surface area contributed by atoms with Gasteiger partial charge in [-0.25, -0.2) is 9.97 Å². The first-order valence-electron chi connectivity index (χ1n) is 7.89. The smallest absolute Gasteiger partial charge is 0.218 e. The van der Waals surface area contributed by atoms with Gasteiger partial charge in [0, 0.05) is 38.8 Å². The Balaban J connectivity index is 1.50. The van der Waals surface area contributed by atoms with Crippen molar-refractivity contribution in [1.29, 1.82) is 0 Å². The molecule has 1 aromatic rings. The van der Waals surface area contributed by atoms with Gasteiger partial charge in [-0.2, -0.15) is 0 Å². The maximum Gasteiger partial charge on any atom is 0.218 e. The van der Waals surface area contributed by atoms with Gasteiger partial charge in [0.25, 0.3) is 0 Å². The number of nitrogens with zero attached hydrogens (tertiary/aromatic N) is 4. The van der Waals surface area contributed by atoms with Crippen LogP contribution in [-0.2, 0) is 0 Å². The van der Waals surface area contributed by atoms with E-state index in [0.29, 0.717) is 5.88 Å². The van der Waals surface area contributed by atoms with Gasteiger partial charge in [0.15, 0.2) is 0 Å². The minimum atomic E-state index is 0.636. The van der Waals surface area contributed by atoms with Gasteiger partial charge in [-0.15, -0.1) is 0 Å². The predicted molar refractivity (Wildman–Crippen MR) is 82.8 cm³/mol. The molecule has 3 rings (SSSR count). The molecule has 0 radical (unpaired) electrons. The first-order valence-corrected chi connectivity index (χ1v) is 7.89. The topological polar surface area (TPSA) is 53.5 Å². The monoisotopic (exact) mass is 291 g/mol. The number of aromatic nitrogens is 2. The van der Waals surface area contributed by atoms with Crippen molar-refractivity contribution in [2.24, 2.45) is 5.92 Å². The van der Waals surface area contributed by atoms with Gasteiger partial charge in [-0.1, -0.05) is 0 Å². The molecule has 0 aromatic carbocycles. The zero-order valence-corrected chi connectivity index (χ0v) is 12.8. The number of hydrogen-bond donors (Lipinski definition) is 1. The third-order valence-electron chi connectivity index (χ3n) is 4.51. The average Bonchev–Trinajstić information content (AvgIpc) is 2.56. The maximum atomic E-state index is 5.17. The van der Waals surface area contributed by atoms with Crippen molar-refractivity contribution >= 4 is 5.82 Å². The van der Waals surface area contributed by atoms with Crippen LogP contribution >= 0.6 is 0 Å². The number of ether oxygens (including phenoxy) is 1. The number of anilines is 1. The second-order valence-electron chi connectivity index (χ2n) is 5.90. The van der Waals surface area contributed by atoms with E-state index in [0.717, 1.165) is 37.9 Å². The summed E-state index contributed by atoms with van der Waals surface area (Å²) >= 11 is 0. The molecule has 116 valence electrons. The van der Waals surface area contributed by atoms with E-state index in [2.05, 4.69) is 25.1 Å². The van der Waals surface area contributed by atoms with Crippen molar-refractivity contribution in [2.75, 3.05) is 57.8 Å². The van der Waals surface area contributed by atoms with Crippen LogP contribution in [-0.4, -0.2) is 67.8 Å². The van der Waals surface area contributed by atoms with E-state index in [1.165, 1.54) is 32.5 Å². The van der Waals surface area contributed by atoms with Crippen molar-refractivity contribution in [3.8, 4) is 5.88 Å². The highest BCUT2D eigenvalue weighted by Crippen LogP contribution is 2.19. The fraction of sp³-hybridized carbons (Fsp3) is 0.733. The van der Waals surface area contributed by atoms with Crippen LogP contribution in [0.4, 0.5) is 5.82 Å². The molecule has 2 aliphatic heterocycles. The molecule has 6 heteroatoms. The van der Waals surface area contributed by atoms with Gasteiger partial charge in [0.05, 0.1) is 7.11 Å². The molecule has 0 atom stereocenters. The Kier molecular flexibility index (Phi) is 4.87. The molecule has 0 amide bonds. The van der Waals surface area contributed by atoms with Gasteiger partial charge < -0.3 is 15.0 Å². The molecule has 6 nitrogen and oxygen atoms in total. The molecule has 1 N–H and O–H groups in total. The van der Waals surface area contributed by atoms with E-state index in [1.807, 2.05) is 6.07 Å². The summed E-state index contributed by atoms with van der Waals surface area (Å²) in [6.07, 6.45) is 4.22. The highest BCUT2D eigenvalue weighted by Gasteiger charge is 2.22. The molecule has 3 heterocycles. The number of methoxy groups -OCH3 is 1. The van der Waals surface area contributed by atoms with Gasteiger partial charge >= 0.3 is 0 Å². The lowest BCUT2D eigenvalue weighted by Gasteiger charge is -2.37. The molecular formula is C15H25N5O. The number of piperidine rings is 1. The SMILES string of the molecule is COc1cc(N2CCN(CC3CCNCC3)CC2)ncn1. The van der Waals surface area contributed by atoms with Crippen molar-refractivity contribution in [3.63, 3.8) is 0 Å². The summed E-state index contributed by atoms with van der Waals surface area (Å²) in [6.45, 7) is 7.93. The van der Waals surface area contributed by atoms with E-state index >= 15 is 0 Å². The minimum absolute atomic E-state index is 0.636. The third kappa shape index (κ3) is 3.83. The van der Waals surface area contributed by atoms with E-state index in [4.69, 9.17) is 4.74 Å². The number of rotatable bonds is 4.